The number of amides is 1. The topological polar surface area (TPSA) is 88.2 Å². The first kappa shape index (κ1) is 22.8. The molecule has 0 saturated carbocycles. The summed E-state index contributed by atoms with van der Waals surface area (Å²) in [5, 5.41) is 5.75. The van der Waals surface area contributed by atoms with Crippen LogP contribution in [0.25, 0.3) is 0 Å². The molecule has 1 atom stereocenters. The molecule has 6 nitrogen and oxygen atoms in total. The zero-order chi connectivity index (χ0) is 21.7. The smallest absolute Gasteiger partial charge is 0.349 e. The molecule has 0 radical (unpaired) electrons. The molecular weight excluding hydrogens is 407 g/mol. The van der Waals surface area contributed by atoms with Gasteiger partial charge in [0.25, 0.3) is 0 Å². The lowest BCUT2D eigenvalue weighted by Gasteiger charge is -2.15. The molecule has 2 N–H and O–H groups in total. The fourth-order valence-corrected chi connectivity index (χ4v) is 3.87. The Hall–Kier alpha value is -2.46. The lowest BCUT2D eigenvalue weighted by atomic mass is 10.2. The van der Waals surface area contributed by atoms with Crippen LogP contribution in [0, 0.1) is 0 Å². The van der Waals surface area contributed by atoms with Crippen LogP contribution in [0.15, 0.2) is 52.4 Å². The van der Waals surface area contributed by atoms with Crippen molar-refractivity contribution in [2.24, 2.45) is 0 Å². The number of aromatic nitrogens is 1. The highest BCUT2D eigenvalue weighted by atomic mass is 32.2. The molecule has 0 aliphatic rings. The Morgan fingerprint density at radius 1 is 1.14 bits per heavy atom. The maximum Gasteiger partial charge on any atom is 0.416 e. The van der Waals surface area contributed by atoms with Crippen molar-refractivity contribution >= 4 is 15.7 Å². The number of benzene rings is 1. The van der Waals surface area contributed by atoms with E-state index < -0.39 is 26.5 Å². The first-order chi connectivity index (χ1) is 13.6. The maximum absolute atomic E-state index is 12.8. The molecule has 0 fully saturated rings. The summed E-state index contributed by atoms with van der Waals surface area (Å²) in [6, 6.07) is 5.88. The fourth-order valence-electron chi connectivity index (χ4n) is 2.62. The Labute approximate surface area is 167 Å². The predicted molar refractivity (Wildman–Crippen MR) is 101 cm³/mol. The van der Waals surface area contributed by atoms with Gasteiger partial charge >= 0.3 is 6.18 Å². The van der Waals surface area contributed by atoms with Crippen LogP contribution < -0.4 is 10.6 Å². The summed E-state index contributed by atoms with van der Waals surface area (Å²) in [7, 11) is -4.15. The van der Waals surface area contributed by atoms with E-state index in [-0.39, 0.29) is 23.4 Å². The molecule has 29 heavy (non-hydrogen) atoms. The molecule has 0 bridgehead atoms. The Morgan fingerprint density at radius 3 is 2.41 bits per heavy atom. The van der Waals surface area contributed by atoms with Crippen LogP contribution >= 0.6 is 0 Å². The summed E-state index contributed by atoms with van der Waals surface area (Å²) in [6.07, 6.45) is -2.96. The van der Waals surface area contributed by atoms with E-state index >= 15 is 0 Å². The number of nitrogens with one attached hydrogen (secondary N) is 2. The second-order valence-electron chi connectivity index (χ2n) is 6.25. The van der Waals surface area contributed by atoms with Gasteiger partial charge in [0, 0.05) is 6.20 Å². The van der Waals surface area contributed by atoms with Crippen LogP contribution in [-0.4, -0.2) is 31.9 Å². The van der Waals surface area contributed by atoms with Crippen molar-refractivity contribution in [2.45, 2.75) is 48.8 Å². The van der Waals surface area contributed by atoms with Gasteiger partial charge in [0.1, 0.15) is 0 Å². The molecule has 0 spiro atoms. The summed E-state index contributed by atoms with van der Waals surface area (Å²) in [6.45, 7) is 4.51. The number of nitrogens with zero attached hydrogens (tertiary/aromatic N) is 1. The van der Waals surface area contributed by atoms with Crippen molar-refractivity contribution in [3.8, 4) is 0 Å². The molecule has 1 heterocycles. The van der Waals surface area contributed by atoms with Gasteiger partial charge in [-0.25, -0.2) is 8.42 Å². The number of rotatable bonds is 8. The van der Waals surface area contributed by atoms with Crippen molar-refractivity contribution in [2.75, 3.05) is 6.54 Å². The molecule has 0 aliphatic carbocycles. The van der Waals surface area contributed by atoms with Gasteiger partial charge in [-0.15, -0.1) is 0 Å². The fraction of sp³-hybridized carbons (Fsp3) is 0.368. The number of carbonyl (C=O) groups is 1. The van der Waals surface area contributed by atoms with E-state index in [1.165, 1.54) is 12.1 Å². The number of sulfone groups is 1. The van der Waals surface area contributed by atoms with Crippen LogP contribution in [0.1, 0.15) is 31.5 Å². The summed E-state index contributed by atoms with van der Waals surface area (Å²) in [5.74, 6) is -0.197. The minimum atomic E-state index is -4.64. The summed E-state index contributed by atoms with van der Waals surface area (Å²) in [4.78, 5) is 15.4. The van der Waals surface area contributed by atoms with E-state index in [1.54, 1.807) is 0 Å². The molecule has 1 unspecified atom stereocenters. The molecule has 10 heteroatoms. The number of alkyl halides is 3. The minimum absolute atomic E-state index is 0.102. The number of hydrogen-bond acceptors (Lipinski definition) is 5. The average molecular weight is 429 g/mol. The standard InChI is InChI=1S/C19H22F3N3O3S/c1-3-17(23-4-2)18(26)25-11-14-8-9-16(12-24-14)29(27,28)15-7-5-6-13(10-15)19(20,21)22/h5-10,12,17,23H,3-4,11H2,1-2H3,(H,25,26). The number of pyridine rings is 1. The van der Waals surface area contributed by atoms with Crippen LogP contribution in [-0.2, 0) is 27.4 Å². The van der Waals surface area contributed by atoms with Gasteiger partial charge in [-0.3, -0.25) is 9.78 Å². The third-order valence-corrected chi connectivity index (χ3v) is 5.94. The molecule has 1 aromatic carbocycles. The third kappa shape index (κ3) is 5.77. The Kier molecular flexibility index (Phi) is 7.37. The van der Waals surface area contributed by atoms with Crippen molar-refractivity contribution in [1.82, 2.24) is 15.6 Å². The molecule has 1 amide bonds. The molecule has 1 aromatic heterocycles. The van der Waals surface area contributed by atoms with Crippen LogP contribution in [0.4, 0.5) is 13.2 Å². The zero-order valence-corrected chi connectivity index (χ0v) is 16.8. The van der Waals surface area contributed by atoms with Crippen LogP contribution in [0.3, 0.4) is 0 Å². The van der Waals surface area contributed by atoms with Gasteiger partial charge in [-0.05, 0) is 43.3 Å². The summed E-state index contributed by atoms with van der Waals surface area (Å²) < 4.78 is 63.7. The predicted octanol–water partition coefficient (Wildman–Crippen LogP) is 2.94. The quantitative estimate of drug-likeness (QED) is 0.674. The maximum atomic E-state index is 12.8. The lowest BCUT2D eigenvalue weighted by molar-refractivity contribution is -0.137. The van der Waals surface area contributed by atoms with Crippen LogP contribution in [0.5, 0.6) is 0 Å². The van der Waals surface area contributed by atoms with Crippen molar-refractivity contribution < 1.29 is 26.4 Å². The number of hydrogen-bond donors (Lipinski definition) is 2. The van der Waals surface area contributed by atoms with E-state index in [2.05, 4.69) is 15.6 Å². The lowest BCUT2D eigenvalue weighted by Crippen LogP contribution is -2.43. The highest BCUT2D eigenvalue weighted by molar-refractivity contribution is 7.91. The number of halogens is 3. The summed E-state index contributed by atoms with van der Waals surface area (Å²) >= 11 is 0. The van der Waals surface area contributed by atoms with Gasteiger partial charge in [-0.1, -0.05) is 19.9 Å². The minimum Gasteiger partial charge on any atom is -0.349 e. The van der Waals surface area contributed by atoms with Gasteiger partial charge in [-0.2, -0.15) is 13.2 Å². The Balaban J connectivity index is 2.14. The van der Waals surface area contributed by atoms with Gasteiger partial charge in [0.05, 0.1) is 33.6 Å². The van der Waals surface area contributed by atoms with E-state index in [0.717, 1.165) is 24.4 Å². The van der Waals surface area contributed by atoms with E-state index in [1.807, 2.05) is 13.8 Å². The van der Waals surface area contributed by atoms with E-state index in [4.69, 9.17) is 0 Å². The Morgan fingerprint density at radius 2 is 1.86 bits per heavy atom. The number of likely N-dealkylation sites (N-methyl/N-ethyl adjacent to an activating group) is 1. The average Bonchev–Trinajstić information content (AvgIpc) is 2.70. The molecular formula is C19H22F3N3O3S. The normalized spacial score (nSPS) is 13.1. The second-order valence-corrected chi connectivity index (χ2v) is 8.20. The second kappa shape index (κ2) is 9.36. The largest absolute Gasteiger partial charge is 0.416 e. The molecule has 2 aromatic rings. The SMILES string of the molecule is CCNC(CC)C(=O)NCc1ccc(S(=O)(=O)c2cccc(C(F)(F)F)c2)cn1. The van der Waals surface area contributed by atoms with E-state index in [9.17, 15) is 26.4 Å². The first-order valence-electron chi connectivity index (χ1n) is 8.98. The van der Waals surface area contributed by atoms with Gasteiger partial charge < -0.3 is 10.6 Å². The van der Waals surface area contributed by atoms with Crippen molar-refractivity contribution in [1.29, 1.82) is 0 Å². The molecule has 158 valence electrons. The van der Waals surface area contributed by atoms with Crippen molar-refractivity contribution in [3.05, 3.63) is 53.9 Å². The number of carbonyl (C=O) groups excluding carboxylic acids is 1. The van der Waals surface area contributed by atoms with Crippen molar-refractivity contribution in [3.63, 3.8) is 0 Å². The molecule has 2 rings (SSSR count). The zero-order valence-electron chi connectivity index (χ0n) is 16.0. The Bertz CT molecular complexity index is 945. The van der Waals surface area contributed by atoms with Crippen LogP contribution in [0.2, 0.25) is 0 Å². The summed E-state index contributed by atoms with van der Waals surface area (Å²) in [5.41, 5.74) is -0.621. The third-order valence-electron chi connectivity index (χ3n) is 4.20. The molecule has 0 aliphatic heterocycles. The van der Waals surface area contributed by atoms with Gasteiger partial charge in [0.2, 0.25) is 15.7 Å². The highest BCUT2D eigenvalue weighted by Gasteiger charge is 2.32. The van der Waals surface area contributed by atoms with E-state index in [0.29, 0.717) is 24.7 Å². The molecule has 0 saturated heterocycles. The van der Waals surface area contributed by atoms with Gasteiger partial charge in [0.15, 0.2) is 0 Å². The first-order valence-corrected chi connectivity index (χ1v) is 10.5. The monoisotopic (exact) mass is 429 g/mol. The highest BCUT2D eigenvalue weighted by Crippen LogP contribution is 2.31.